The number of nitrogens with zero attached hydrogens (tertiary/aromatic N) is 2. The Labute approximate surface area is 129 Å². The number of amides is 1. The van der Waals surface area contributed by atoms with Gasteiger partial charge in [-0.25, -0.2) is 4.98 Å². The lowest BCUT2D eigenvalue weighted by Gasteiger charge is -2.24. The molecule has 1 amide bonds. The normalized spacial score (nSPS) is 19.8. The number of nitrogens with one attached hydrogen (secondary N) is 1. The van der Waals surface area contributed by atoms with Gasteiger partial charge in [-0.2, -0.15) is 0 Å². The maximum absolute atomic E-state index is 12.4. The van der Waals surface area contributed by atoms with Crippen molar-refractivity contribution in [2.75, 3.05) is 13.6 Å². The molecule has 1 aromatic heterocycles. The van der Waals surface area contributed by atoms with E-state index < -0.39 is 0 Å². The van der Waals surface area contributed by atoms with Gasteiger partial charge in [-0.1, -0.05) is 12.1 Å². The quantitative estimate of drug-likeness (QED) is 0.944. The molecule has 1 saturated heterocycles. The van der Waals surface area contributed by atoms with Gasteiger partial charge >= 0.3 is 0 Å². The number of carbonyl (C=O) groups excluding carboxylic acids is 1. The van der Waals surface area contributed by atoms with E-state index in [1.165, 1.54) is 11.1 Å². The number of hydrogen-bond donors (Lipinski definition) is 1. The Kier molecular flexibility index (Phi) is 4.22. The molecular weight excluding hydrogens is 282 g/mol. The summed E-state index contributed by atoms with van der Waals surface area (Å²) in [5.74, 6) is 0.196. The van der Waals surface area contributed by atoms with Crippen LogP contribution in [0, 0.1) is 0 Å². The molecule has 2 atom stereocenters. The molecule has 21 heavy (non-hydrogen) atoms. The van der Waals surface area contributed by atoms with Crippen LogP contribution < -0.4 is 5.32 Å². The molecule has 1 aromatic carbocycles. The van der Waals surface area contributed by atoms with Gasteiger partial charge in [0.05, 0.1) is 16.3 Å². The summed E-state index contributed by atoms with van der Waals surface area (Å²) in [5, 5.41) is 4.39. The van der Waals surface area contributed by atoms with Crippen molar-refractivity contribution in [3.05, 3.63) is 29.3 Å². The number of para-hydroxylation sites is 1. The standard InChI is InChI=1S/C16H21N3OS/c1-11(16-18-13-7-3-4-8-14(13)21-16)19(2)15(20)10-12-6-5-9-17-12/h3-4,7-8,11-12,17H,5-6,9-10H2,1-2H3. The van der Waals surface area contributed by atoms with E-state index in [-0.39, 0.29) is 11.9 Å². The molecule has 2 aromatic rings. The molecule has 1 aliphatic heterocycles. The van der Waals surface area contributed by atoms with Crippen molar-refractivity contribution in [2.24, 2.45) is 0 Å². The van der Waals surface area contributed by atoms with Crippen LogP contribution in [0.4, 0.5) is 0 Å². The maximum atomic E-state index is 12.4. The van der Waals surface area contributed by atoms with Gasteiger partial charge in [-0.3, -0.25) is 4.79 Å². The molecule has 0 saturated carbocycles. The third kappa shape index (κ3) is 3.09. The molecule has 112 valence electrons. The van der Waals surface area contributed by atoms with Gasteiger partial charge in [0.25, 0.3) is 0 Å². The van der Waals surface area contributed by atoms with Crippen molar-refractivity contribution in [1.29, 1.82) is 0 Å². The monoisotopic (exact) mass is 303 g/mol. The molecule has 4 nitrogen and oxygen atoms in total. The lowest BCUT2D eigenvalue weighted by Crippen LogP contribution is -2.34. The highest BCUT2D eigenvalue weighted by atomic mass is 32.1. The summed E-state index contributed by atoms with van der Waals surface area (Å²) in [5.41, 5.74) is 1.02. The van der Waals surface area contributed by atoms with E-state index in [4.69, 9.17) is 0 Å². The molecule has 1 aliphatic rings. The van der Waals surface area contributed by atoms with Crippen LogP contribution in [0.2, 0.25) is 0 Å². The Morgan fingerprint density at radius 3 is 3.05 bits per heavy atom. The Bertz CT molecular complexity index is 600. The predicted octanol–water partition coefficient (Wildman–Crippen LogP) is 2.96. The van der Waals surface area contributed by atoms with Crippen molar-refractivity contribution in [3.8, 4) is 0 Å². The Morgan fingerprint density at radius 1 is 1.52 bits per heavy atom. The molecule has 1 N–H and O–H groups in total. The van der Waals surface area contributed by atoms with Crippen molar-refractivity contribution < 1.29 is 4.79 Å². The van der Waals surface area contributed by atoms with E-state index in [1.54, 1.807) is 11.3 Å². The van der Waals surface area contributed by atoms with Gasteiger partial charge in [0.15, 0.2) is 0 Å². The van der Waals surface area contributed by atoms with Gasteiger partial charge in [0, 0.05) is 19.5 Å². The van der Waals surface area contributed by atoms with Crippen LogP contribution in [-0.4, -0.2) is 35.4 Å². The number of benzene rings is 1. The number of aromatic nitrogens is 1. The van der Waals surface area contributed by atoms with E-state index >= 15 is 0 Å². The van der Waals surface area contributed by atoms with Crippen LogP contribution in [-0.2, 0) is 4.79 Å². The van der Waals surface area contributed by atoms with E-state index in [0.29, 0.717) is 12.5 Å². The van der Waals surface area contributed by atoms with Crippen molar-refractivity contribution in [3.63, 3.8) is 0 Å². The summed E-state index contributed by atoms with van der Waals surface area (Å²) in [4.78, 5) is 18.9. The highest BCUT2D eigenvalue weighted by molar-refractivity contribution is 7.18. The van der Waals surface area contributed by atoms with E-state index in [1.807, 2.05) is 30.1 Å². The second-order valence-corrected chi connectivity index (χ2v) is 6.76. The number of fused-ring (bicyclic) bond motifs is 1. The van der Waals surface area contributed by atoms with Crippen LogP contribution in [0.15, 0.2) is 24.3 Å². The topological polar surface area (TPSA) is 45.2 Å². The minimum Gasteiger partial charge on any atom is -0.337 e. The third-order valence-electron chi connectivity index (χ3n) is 4.23. The minimum atomic E-state index is 0.0244. The van der Waals surface area contributed by atoms with Crippen molar-refractivity contribution in [1.82, 2.24) is 15.2 Å². The zero-order valence-electron chi connectivity index (χ0n) is 12.5. The second kappa shape index (κ2) is 6.12. The van der Waals surface area contributed by atoms with Gasteiger partial charge in [0.1, 0.15) is 5.01 Å². The molecular formula is C16H21N3OS. The fourth-order valence-corrected chi connectivity index (χ4v) is 3.80. The second-order valence-electron chi connectivity index (χ2n) is 5.70. The first-order valence-electron chi connectivity index (χ1n) is 7.49. The lowest BCUT2D eigenvalue weighted by atomic mass is 10.1. The van der Waals surface area contributed by atoms with Gasteiger partial charge in [-0.05, 0) is 38.4 Å². The highest BCUT2D eigenvalue weighted by Gasteiger charge is 2.24. The first-order valence-corrected chi connectivity index (χ1v) is 8.31. The summed E-state index contributed by atoms with van der Waals surface area (Å²) < 4.78 is 1.18. The van der Waals surface area contributed by atoms with Crippen molar-refractivity contribution in [2.45, 2.75) is 38.3 Å². The van der Waals surface area contributed by atoms with Gasteiger partial charge in [0.2, 0.25) is 5.91 Å². The first-order chi connectivity index (χ1) is 10.1. The average molecular weight is 303 g/mol. The Balaban J connectivity index is 1.70. The third-order valence-corrected chi connectivity index (χ3v) is 5.43. The fraction of sp³-hybridized carbons (Fsp3) is 0.500. The fourth-order valence-electron chi connectivity index (χ4n) is 2.74. The van der Waals surface area contributed by atoms with E-state index in [2.05, 4.69) is 23.3 Å². The zero-order chi connectivity index (χ0) is 14.8. The predicted molar refractivity (Wildman–Crippen MR) is 86.4 cm³/mol. The average Bonchev–Trinajstić information content (AvgIpc) is 3.14. The summed E-state index contributed by atoms with van der Waals surface area (Å²) in [6.07, 6.45) is 2.87. The molecule has 2 heterocycles. The van der Waals surface area contributed by atoms with Crippen LogP contribution >= 0.6 is 11.3 Å². The molecule has 0 aliphatic carbocycles. The maximum Gasteiger partial charge on any atom is 0.224 e. The molecule has 0 radical (unpaired) electrons. The molecule has 0 bridgehead atoms. The van der Waals surface area contributed by atoms with Crippen LogP contribution in [0.25, 0.3) is 10.2 Å². The number of carbonyl (C=O) groups is 1. The highest BCUT2D eigenvalue weighted by Crippen LogP contribution is 2.29. The van der Waals surface area contributed by atoms with Crippen LogP contribution in [0.3, 0.4) is 0 Å². The first kappa shape index (κ1) is 14.5. The summed E-state index contributed by atoms with van der Waals surface area (Å²) in [6.45, 7) is 3.09. The van der Waals surface area contributed by atoms with Crippen molar-refractivity contribution >= 4 is 27.5 Å². The number of thiazole rings is 1. The largest absolute Gasteiger partial charge is 0.337 e. The molecule has 1 fully saturated rings. The van der Waals surface area contributed by atoms with Gasteiger partial charge in [-0.15, -0.1) is 11.3 Å². The van der Waals surface area contributed by atoms with Crippen LogP contribution in [0.5, 0.6) is 0 Å². The van der Waals surface area contributed by atoms with E-state index in [9.17, 15) is 4.79 Å². The van der Waals surface area contributed by atoms with Crippen LogP contribution in [0.1, 0.15) is 37.2 Å². The number of hydrogen-bond acceptors (Lipinski definition) is 4. The summed E-state index contributed by atoms with van der Waals surface area (Å²) >= 11 is 1.67. The lowest BCUT2D eigenvalue weighted by molar-refractivity contribution is -0.132. The molecule has 0 spiro atoms. The summed E-state index contributed by atoms with van der Waals surface area (Å²) in [6, 6.07) is 8.49. The van der Waals surface area contributed by atoms with Gasteiger partial charge < -0.3 is 10.2 Å². The summed E-state index contributed by atoms with van der Waals surface area (Å²) in [7, 11) is 1.88. The molecule has 3 rings (SSSR count). The SMILES string of the molecule is CC(c1nc2ccccc2s1)N(C)C(=O)CC1CCCN1. The minimum absolute atomic E-state index is 0.0244. The molecule has 5 heteroatoms. The Hall–Kier alpha value is -1.46. The Morgan fingerprint density at radius 2 is 2.33 bits per heavy atom. The van der Waals surface area contributed by atoms with E-state index in [0.717, 1.165) is 23.5 Å². The molecule has 2 unspecified atom stereocenters. The smallest absolute Gasteiger partial charge is 0.224 e. The zero-order valence-corrected chi connectivity index (χ0v) is 13.3. The number of rotatable bonds is 4.